The van der Waals surface area contributed by atoms with Crippen molar-refractivity contribution in [2.45, 2.75) is 45.3 Å². The summed E-state index contributed by atoms with van der Waals surface area (Å²) in [4.78, 5) is 12.1. The first kappa shape index (κ1) is 15.5. The zero-order chi connectivity index (χ0) is 14.3. The minimum absolute atomic E-state index is 0.0657. The summed E-state index contributed by atoms with van der Waals surface area (Å²) >= 11 is 0. The molecule has 0 saturated heterocycles. The molecule has 1 aromatic carbocycles. The van der Waals surface area contributed by atoms with Gasteiger partial charge in [0.1, 0.15) is 5.75 Å². The maximum absolute atomic E-state index is 12.1. The minimum atomic E-state index is -0.591. The van der Waals surface area contributed by atoms with E-state index in [1.54, 1.807) is 6.92 Å². The molecule has 0 bridgehead atoms. The van der Waals surface area contributed by atoms with Gasteiger partial charge in [-0.3, -0.25) is 4.79 Å². The Kier molecular flexibility index (Phi) is 5.83. The van der Waals surface area contributed by atoms with Crippen molar-refractivity contribution >= 4 is 5.91 Å². The smallest absolute Gasteiger partial charge is 0.261 e. The molecule has 1 amide bonds. The Morgan fingerprint density at radius 3 is 2.37 bits per heavy atom. The quantitative estimate of drug-likeness (QED) is 0.794. The fourth-order valence-corrected chi connectivity index (χ4v) is 1.81. The van der Waals surface area contributed by atoms with Crippen molar-refractivity contribution in [3.63, 3.8) is 0 Å². The van der Waals surface area contributed by atoms with Gasteiger partial charge in [0.15, 0.2) is 6.10 Å². The van der Waals surface area contributed by atoms with E-state index in [0.29, 0.717) is 18.6 Å². The standard InChI is InChI=1S/C15H23NO3/c1-4-15(5-2,11-17)16-14(18)12(3)19-13-9-7-6-8-10-13/h6-10,12,17H,4-5,11H2,1-3H3,(H,16,18). The number of aliphatic hydroxyl groups is 1. The zero-order valence-electron chi connectivity index (χ0n) is 11.8. The van der Waals surface area contributed by atoms with Crippen LogP contribution in [0.15, 0.2) is 30.3 Å². The van der Waals surface area contributed by atoms with Crippen molar-refractivity contribution in [1.29, 1.82) is 0 Å². The molecule has 19 heavy (non-hydrogen) atoms. The maximum Gasteiger partial charge on any atom is 0.261 e. The molecular formula is C15H23NO3. The van der Waals surface area contributed by atoms with Gasteiger partial charge in [-0.05, 0) is 31.9 Å². The molecule has 1 aromatic rings. The molecule has 1 unspecified atom stereocenters. The molecule has 0 aliphatic heterocycles. The van der Waals surface area contributed by atoms with Crippen LogP contribution in [-0.2, 0) is 4.79 Å². The number of amides is 1. The summed E-state index contributed by atoms with van der Waals surface area (Å²) in [5, 5.41) is 12.3. The van der Waals surface area contributed by atoms with Crippen LogP contribution in [0, 0.1) is 0 Å². The third-order valence-corrected chi connectivity index (χ3v) is 3.47. The molecule has 1 rings (SSSR count). The van der Waals surface area contributed by atoms with E-state index in [1.807, 2.05) is 44.2 Å². The first-order valence-electron chi connectivity index (χ1n) is 6.71. The molecule has 4 nitrogen and oxygen atoms in total. The van der Waals surface area contributed by atoms with Gasteiger partial charge in [-0.25, -0.2) is 0 Å². The van der Waals surface area contributed by atoms with Crippen LogP contribution in [0.3, 0.4) is 0 Å². The topological polar surface area (TPSA) is 58.6 Å². The first-order valence-corrected chi connectivity index (χ1v) is 6.71. The summed E-state index contributed by atoms with van der Waals surface area (Å²) < 4.78 is 5.56. The van der Waals surface area contributed by atoms with Crippen molar-refractivity contribution in [3.05, 3.63) is 30.3 Å². The van der Waals surface area contributed by atoms with Crippen molar-refractivity contribution in [3.8, 4) is 5.75 Å². The fourth-order valence-electron chi connectivity index (χ4n) is 1.81. The number of hydrogen-bond donors (Lipinski definition) is 2. The maximum atomic E-state index is 12.1. The number of nitrogens with one attached hydrogen (secondary N) is 1. The fraction of sp³-hybridized carbons (Fsp3) is 0.533. The van der Waals surface area contributed by atoms with Gasteiger partial charge in [0, 0.05) is 0 Å². The number of benzene rings is 1. The number of carbonyl (C=O) groups is 1. The normalized spacial score (nSPS) is 12.8. The highest BCUT2D eigenvalue weighted by atomic mass is 16.5. The Balaban J connectivity index is 2.62. The third-order valence-electron chi connectivity index (χ3n) is 3.47. The highest BCUT2D eigenvalue weighted by Gasteiger charge is 2.29. The van der Waals surface area contributed by atoms with Gasteiger partial charge in [0.25, 0.3) is 5.91 Å². The molecular weight excluding hydrogens is 242 g/mol. The second kappa shape index (κ2) is 7.14. The van der Waals surface area contributed by atoms with Crippen LogP contribution in [0.5, 0.6) is 5.75 Å². The third kappa shape index (κ3) is 4.24. The second-order valence-electron chi connectivity index (χ2n) is 4.71. The summed E-state index contributed by atoms with van der Waals surface area (Å²) in [6, 6.07) is 9.22. The van der Waals surface area contributed by atoms with E-state index in [9.17, 15) is 9.90 Å². The van der Waals surface area contributed by atoms with Gasteiger partial charge in [-0.2, -0.15) is 0 Å². The monoisotopic (exact) mass is 265 g/mol. The van der Waals surface area contributed by atoms with Crippen LogP contribution in [0.4, 0.5) is 0 Å². The van der Waals surface area contributed by atoms with Crippen LogP contribution in [0.1, 0.15) is 33.6 Å². The van der Waals surface area contributed by atoms with Crippen LogP contribution in [0.25, 0.3) is 0 Å². The Morgan fingerprint density at radius 2 is 1.89 bits per heavy atom. The van der Waals surface area contributed by atoms with E-state index >= 15 is 0 Å². The molecule has 0 aliphatic carbocycles. The molecule has 0 saturated carbocycles. The predicted molar refractivity (Wildman–Crippen MR) is 75.1 cm³/mol. The van der Waals surface area contributed by atoms with Gasteiger partial charge in [-0.1, -0.05) is 32.0 Å². The average Bonchev–Trinajstić information content (AvgIpc) is 2.45. The highest BCUT2D eigenvalue weighted by molar-refractivity contribution is 5.81. The number of carbonyl (C=O) groups excluding carboxylic acids is 1. The van der Waals surface area contributed by atoms with Crippen LogP contribution in [0.2, 0.25) is 0 Å². The van der Waals surface area contributed by atoms with E-state index in [2.05, 4.69) is 5.32 Å². The van der Waals surface area contributed by atoms with Gasteiger partial charge < -0.3 is 15.2 Å². The van der Waals surface area contributed by atoms with Crippen molar-refractivity contribution in [2.24, 2.45) is 0 Å². The van der Waals surface area contributed by atoms with E-state index in [0.717, 1.165) is 0 Å². The average molecular weight is 265 g/mol. The lowest BCUT2D eigenvalue weighted by Gasteiger charge is -2.32. The molecule has 0 heterocycles. The minimum Gasteiger partial charge on any atom is -0.481 e. The van der Waals surface area contributed by atoms with Crippen molar-refractivity contribution < 1.29 is 14.6 Å². The molecule has 0 spiro atoms. The molecule has 0 fully saturated rings. The van der Waals surface area contributed by atoms with Gasteiger partial charge in [0.2, 0.25) is 0 Å². The Morgan fingerprint density at radius 1 is 1.32 bits per heavy atom. The van der Waals surface area contributed by atoms with Crippen molar-refractivity contribution in [2.75, 3.05) is 6.61 Å². The summed E-state index contributed by atoms with van der Waals surface area (Å²) in [6.07, 6.45) is 0.777. The second-order valence-corrected chi connectivity index (χ2v) is 4.71. The Hall–Kier alpha value is -1.55. The number of para-hydroxylation sites is 1. The highest BCUT2D eigenvalue weighted by Crippen LogP contribution is 2.16. The van der Waals surface area contributed by atoms with Gasteiger partial charge in [0.05, 0.1) is 12.1 Å². The number of rotatable bonds is 7. The summed E-state index contributed by atoms with van der Waals surface area (Å²) in [6.45, 7) is 5.53. The summed E-state index contributed by atoms with van der Waals surface area (Å²) in [7, 11) is 0. The molecule has 106 valence electrons. The SMILES string of the molecule is CCC(CC)(CO)NC(=O)C(C)Oc1ccccc1. The van der Waals surface area contributed by atoms with Crippen LogP contribution < -0.4 is 10.1 Å². The number of hydrogen-bond acceptors (Lipinski definition) is 3. The Labute approximate surface area is 114 Å². The predicted octanol–water partition coefficient (Wildman–Crippen LogP) is 2.12. The number of ether oxygens (including phenoxy) is 1. The lowest BCUT2D eigenvalue weighted by atomic mass is 9.93. The van der Waals surface area contributed by atoms with E-state index in [4.69, 9.17) is 4.74 Å². The molecule has 0 aliphatic rings. The van der Waals surface area contributed by atoms with Gasteiger partial charge >= 0.3 is 0 Å². The summed E-state index contributed by atoms with van der Waals surface area (Å²) in [5.74, 6) is 0.453. The molecule has 0 aromatic heterocycles. The molecule has 2 N–H and O–H groups in total. The largest absolute Gasteiger partial charge is 0.481 e. The lowest BCUT2D eigenvalue weighted by molar-refractivity contribution is -0.130. The van der Waals surface area contributed by atoms with Gasteiger partial charge in [-0.15, -0.1) is 0 Å². The molecule has 4 heteroatoms. The van der Waals surface area contributed by atoms with E-state index in [1.165, 1.54) is 0 Å². The molecule has 0 radical (unpaired) electrons. The van der Waals surface area contributed by atoms with E-state index in [-0.39, 0.29) is 12.5 Å². The Bertz CT molecular complexity index is 379. The zero-order valence-corrected chi connectivity index (χ0v) is 11.8. The lowest BCUT2D eigenvalue weighted by Crippen LogP contribution is -2.53. The van der Waals surface area contributed by atoms with Crippen LogP contribution in [-0.4, -0.2) is 29.3 Å². The number of aliphatic hydroxyl groups excluding tert-OH is 1. The summed E-state index contributed by atoms with van der Waals surface area (Å²) in [5.41, 5.74) is -0.550. The first-order chi connectivity index (χ1) is 9.06. The van der Waals surface area contributed by atoms with E-state index < -0.39 is 11.6 Å². The molecule has 1 atom stereocenters. The van der Waals surface area contributed by atoms with Crippen LogP contribution >= 0.6 is 0 Å². The van der Waals surface area contributed by atoms with Crippen molar-refractivity contribution in [1.82, 2.24) is 5.32 Å².